The Morgan fingerprint density at radius 2 is 1.86 bits per heavy atom. The van der Waals surface area contributed by atoms with Gasteiger partial charge in [-0.15, -0.1) is 0 Å². The fraction of sp³-hybridized carbons (Fsp3) is 0.375. The number of aromatic hydroxyl groups is 1. The number of carbonyl (C=O) groups is 2. The van der Waals surface area contributed by atoms with Crippen LogP contribution in [0.15, 0.2) is 30.3 Å². The largest absolute Gasteiger partial charge is 0.508 e. The SMILES string of the molecule is CC(C)CC(CNC(=O)/C=C/c1ccc(O)cc1)C(=O)O. The van der Waals surface area contributed by atoms with Crippen LogP contribution in [0.1, 0.15) is 25.8 Å². The molecule has 0 saturated carbocycles. The minimum atomic E-state index is -0.897. The average molecular weight is 291 g/mol. The summed E-state index contributed by atoms with van der Waals surface area (Å²) in [4.78, 5) is 22.7. The molecule has 1 unspecified atom stereocenters. The highest BCUT2D eigenvalue weighted by molar-refractivity contribution is 5.91. The zero-order valence-corrected chi connectivity index (χ0v) is 12.2. The second-order valence-electron chi connectivity index (χ2n) is 5.33. The van der Waals surface area contributed by atoms with Crippen LogP contribution in [-0.2, 0) is 9.59 Å². The molecule has 1 amide bonds. The molecule has 3 N–H and O–H groups in total. The van der Waals surface area contributed by atoms with E-state index in [-0.39, 0.29) is 24.1 Å². The van der Waals surface area contributed by atoms with Gasteiger partial charge in [-0.1, -0.05) is 26.0 Å². The third-order valence-corrected chi connectivity index (χ3v) is 2.95. The smallest absolute Gasteiger partial charge is 0.308 e. The Morgan fingerprint density at radius 1 is 1.24 bits per heavy atom. The lowest BCUT2D eigenvalue weighted by Gasteiger charge is -2.14. The molecule has 0 spiro atoms. The second-order valence-corrected chi connectivity index (χ2v) is 5.33. The quantitative estimate of drug-likeness (QED) is 0.673. The molecule has 0 aliphatic carbocycles. The Morgan fingerprint density at radius 3 is 2.38 bits per heavy atom. The van der Waals surface area contributed by atoms with E-state index in [1.807, 2.05) is 13.8 Å². The number of carboxylic acid groups (broad SMARTS) is 1. The number of nitrogens with one attached hydrogen (secondary N) is 1. The monoisotopic (exact) mass is 291 g/mol. The highest BCUT2D eigenvalue weighted by Gasteiger charge is 2.19. The molecule has 5 heteroatoms. The molecule has 1 rings (SSSR count). The first kappa shape index (κ1) is 16.8. The Labute approximate surface area is 124 Å². The Balaban J connectivity index is 2.49. The number of hydrogen-bond donors (Lipinski definition) is 3. The van der Waals surface area contributed by atoms with Crippen LogP contribution in [0.25, 0.3) is 6.08 Å². The van der Waals surface area contributed by atoms with Crippen molar-refractivity contribution in [1.82, 2.24) is 5.32 Å². The molecular weight excluding hydrogens is 270 g/mol. The van der Waals surface area contributed by atoms with Crippen molar-refractivity contribution in [2.45, 2.75) is 20.3 Å². The van der Waals surface area contributed by atoms with Crippen LogP contribution in [0.2, 0.25) is 0 Å². The van der Waals surface area contributed by atoms with E-state index in [2.05, 4.69) is 5.32 Å². The van der Waals surface area contributed by atoms with Crippen molar-refractivity contribution in [2.75, 3.05) is 6.54 Å². The van der Waals surface area contributed by atoms with Crippen molar-refractivity contribution >= 4 is 18.0 Å². The minimum Gasteiger partial charge on any atom is -0.508 e. The predicted octanol–water partition coefficient (Wildman–Crippen LogP) is 2.27. The molecule has 0 aliphatic rings. The van der Waals surface area contributed by atoms with Crippen molar-refractivity contribution in [3.05, 3.63) is 35.9 Å². The molecule has 0 aliphatic heterocycles. The van der Waals surface area contributed by atoms with E-state index in [1.165, 1.54) is 18.2 Å². The van der Waals surface area contributed by atoms with Gasteiger partial charge in [0, 0.05) is 12.6 Å². The summed E-state index contributed by atoms with van der Waals surface area (Å²) in [5.41, 5.74) is 0.778. The molecule has 114 valence electrons. The number of rotatable bonds is 7. The van der Waals surface area contributed by atoms with Gasteiger partial charge in [0.15, 0.2) is 0 Å². The van der Waals surface area contributed by atoms with Gasteiger partial charge in [-0.3, -0.25) is 9.59 Å². The van der Waals surface area contributed by atoms with Crippen LogP contribution in [0.4, 0.5) is 0 Å². The molecule has 0 aromatic heterocycles. The Kier molecular flexibility index (Phi) is 6.46. The molecule has 1 atom stereocenters. The van der Waals surface area contributed by atoms with E-state index in [4.69, 9.17) is 10.2 Å². The molecule has 1 aromatic rings. The van der Waals surface area contributed by atoms with E-state index >= 15 is 0 Å². The van der Waals surface area contributed by atoms with Crippen LogP contribution < -0.4 is 5.32 Å². The van der Waals surface area contributed by atoms with Gasteiger partial charge in [-0.05, 0) is 36.1 Å². The van der Waals surface area contributed by atoms with Crippen LogP contribution in [-0.4, -0.2) is 28.6 Å². The van der Waals surface area contributed by atoms with E-state index in [0.717, 1.165) is 5.56 Å². The third-order valence-electron chi connectivity index (χ3n) is 2.95. The highest BCUT2D eigenvalue weighted by Crippen LogP contribution is 2.12. The van der Waals surface area contributed by atoms with Crippen molar-refractivity contribution in [2.24, 2.45) is 11.8 Å². The average Bonchev–Trinajstić information content (AvgIpc) is 2.42. The summed E-state index contributed by atoms with van der Waals surface area (Å²) in [5, 5.41) is 20.8. The van der Waals surface area contributed by atoms with E-state index in [9.17, 15) is 9.59 Å². The van der Waals surface area contributed by atoms with Gasteiger partial charge < -0.3 is 15.5 Å². The number of benzene rings is 1. The van der Waals surface area contributed by atoms with Crippen LogP contribution >= 0.6 is 0 Å². The number of carbonyl (C=O) groups excluding carboxylic acids is 1. The van der Waals surface area contributed by atoms with Gasteiger partial charge in [-0.25, -0.2) is 0 Å². The summed E-state index contributed by atoms with van der Waals surface area (Å²) in [6, 6.07) is 6.41. The van der Waals surface area contributed by atoms with Gasteiger partial charge in [0.1, 0.15) is 5.75 Å². The maximum Gasteiger partial charge on any atom is 0.308 e. The van der Waals surface area contributed by atoms with E-state index < -0.39 is 11.9 Å². The lowest BCUT2D eigenvalue weighted by molar-refractivity contribution is -0.142. The standard InChI is InChI=1S/C16H21NO4/c1-11(2)9-13(16(20)21)10-17-15(19)8-5-12-3-6-14(18)7-4-12/h3-8,11,13,18H,9-10H2,1-2H3,(H,17,19)(H,20,21)/b8-5+. The zero-order valence-electron chi connectivity index (χ0n) is 12.2. The molecule has 0 saturated heterocycles. The summed E-state index contributed by atoms with van der Waals surface area (Å²) >= 11 is 0. The Hall–Kier alpha value is -2.30. The van der Waals surface area contributed by atoms with E-state index in [1.54, 1.807) is 18.2 Å². The summed E-state index contributed by atoms with van der Waals surface area (Å²) in [6.45, 7) is 4.01. The first-order valence-corrected chi connectivity index (χ1v) is 6.86. The highest BCUT2D eigenvalue weighted by atomic mass is 16.4. The van der Waals surface area contributed by atoms with Crippen molar-refractivity contribution in [1.29, 1.82) is 0 Å². The number of phenols is 1. The number of phenolic OH excluding ortho intramolecular Hbond substituents is 1. The molecule has 0 radical (unpaired) electrons. The Bertz CT molecular complexity index is 506. The maximum atomic E-state index is 11.7. The lowest BCUT2D eigenvalue weighted by atomic mass is 9.97. The fourth-order valence-corrected chi connectivity index (χ4v) is 1.88. The molecule has 5 nitrogen and oxygen atoms in total. The fourth-order valence-electron chi connectivity index (χ4n) is 1.88. The molecule has 0 bridgehead atoms. The lowest BCUT2D eigenvalue weighted by Crippen LogP contribution is -2.32. The number of amides is 1. The van der Waals surface area contributed by atoms with Gasteiger partial charge in [0.2, 0.25) is 5.91 Å². The van der Waals surface area contributed by atoms with Gasteiger partial charge in [-0.2, -0.15) is 0 Å². The topological polar surface area (TPSA) is 86.6 Å². The first-order chi connectivity index (χ1) is 9.88. The molecule has 21 heavy (non-hydrogen) atoms. The first-order valence-electron chi connectivity index (χ1n) is 6.86. The molecule has 0 fully saturated rings. The van der Waals surface area contributed by atoms with Gasteiger partial charge >= 0.3 is 5.97 Å². The normalized spacial score (nSPS) is 12.5. The van der Waals surface area contributed by atoms with E-state index in [0.29, 0.717) is 6.42 Å². The van der Waals surface area contributed by atoms with Crippen LogP contribution in [0.3, 0.4) is 0 Å². The molecule has 1 aromatic carbocycles. The second kappa shape index (κ2) is 8.09. The van der Waals surface area contributed by atoms with Crippen molar-refractivity contribution in [3.63, 3.8) is 0 Å². The predicted molar refractivity (Wildman–Crippen MR) is 80.7 cm³/mol. The summed E-state index contributed by atoms with van der Waals surface area (Å²) in [5.74, 6) is -1.38. The molecular formula is C16H21NO4. The van der Waals surface area contributed by atoms with Gasteiger partial charge in [0.05, 0.1) is 5.92 Å². The molecule has 0 heterocycles. The maximum absolute atomic E-state index is 11.7. The third kappa shape index (κ3) is 6.61. The summed E-state index contributed by atoms with van der Waals surface area (Å²) < 4.78 is 0. The number of hydrogen-bond acceptors (Lipinski definition) is 3. The van der Waals surface area contributed by atoms with Crippen molar-refractivity contribution < 1.29 is 19.8 Å². The summed E-state index contributed by atoms with van der Waals surface area (Å²) in [6.07, 6.45) is 3.48. The number of carboxylic acids is 1. The van der Waals surface area contributed by atoms with Crippen molar-refractivity contribution in [3.8, 4) is 5.75 Å². The van der Waals surface area contributed by atoms with Crippen LogP contribution in [0, 0.1) is 11.8 Å². The number of aliphatic carboxylic acids is 1. The van der Waals surface area contributed by atoms with Crippen LogP contribution in [0.5, 0.6) is 5.75 Å². The minimum absolute atomic E-state index is 0.117. The zero-order chi connectivity index (χ0) is 15.8. The summed E-state index contributed by atoms with van der Waals surface area (Å²) in [7, 11) is 0. The van der Waals surface area contributed by atoms with Gasteiger partial charge in [0.25, 0.3) is 0 Å².